The van der Waals surface area contributed by atoms with Gasteiger partial charge in [0.25, 0.3) is 0 Å². The molecule has 108 valence electrons. The molecule has 2 fully saturated rings. The third-order valence-corrected chi connectivity index (χ3v) is 5.85. The second kappa shape index (κ2) is 6.16. The zero-order valence-electron chi connectivity index (χ0n) is 11.6. The number of piperidine rings is 1. The van der Waals surface area contributed by atoms with Crippen molar-refractivity contribution in [1.29, 1.82) is 0 Å². The molecular weight excluding hydrogens is 262 g/mol. The van der Waals surface area contributed by atoms with Crippen LogP contribution in [0.25, 0.3) is 0 Å². The average Bonchev–Trinajstić information content (AvgIpc) is 2.84. The van der Waals surface area contributed by atoms with Crippen molar-refractivity contribution < 1.29 is 14.7 Å². The van der Waals surface area contributed by atoms with Crippen LogP contribution in [-0.2, 0) is 9.59 Å². The van der Waals surface area contributed by atoms with Crippen LogP contribution < -0.4 is 0 Å². The molecular formula is C14H23NO3S. The van der Waals surface area contributed by atoms with Crippen molar-refractivity contribution in [2.24, 2.45) is 5.92 Å². The predicted molar refractivity (Wildman–Crippen MR) is 76.3 cm³/mol. The van der Waals surface area contributed by atoms with Crippen molar-refractivity contribution in [3.05, 3.63) is 0 Å². The van der Waals surface area contributed by atoms with Crippen molar-refractivity contribution in [3.8, 4) is 0 Å². The van der Waals surface area contributed by atoms with E-state index in [1.54, 1.807) is 11.8 Å². The van der Waals surface area contributed by atoms with Crippen LogP contribution in [0.5, 0.6) is 0 Å². The number of nitrogens with zero attached hydrogens (tertiary/aromatic N) is 1. The highest BCUT2D eigenvalue weighted by atomic mass is 32.2. The average molecular weight is 285 g/mol. The number of rotatable bonds is 4. The molecule has 2 aliphatic heterocycles. The summed E-state index contributed by atoms with van der Waals surface area (Å²) in [5, 5.41) is 8.69. The van der Waals surface area contributed by atoms with Crippen molar-refractivity contribution in [2.75, 3.05) is 18.8 Å². The van der Waals surface area contributed by atoms with Crippen LogP contribution in [-0.4, -0.2) is 45.5 Å². The topological polar surface area (TPSA) is 57.6 Å². The van der Waals surface area contributed by atoms with Crippen molar-refractivity contribution in [1.82, 2.24) is 4.90 Å². The maximum atomic E-state index is 12.5. The van der Waals surface area contributed by atoms with E-state index >= 15 is 0 Å². The summed E-state index contributed by atoms with van der Waals surface area (Å²) in [6.07, 6.45) is 5.06. The molecule has 2 saturated heterocycles. The molecule has 5 heteroatoms. The lowest BCUT2D eigenvalue weighted by atomic mass is 9.91. The smallest absolute Gasteiger partial charge is 0.303 e. The van der Waals surface area contributed by atoms with E-state index in [9.17, 15) is 9.59 Å². The number of hydrogen-bond acceptors (Lipinski definition) is 3. The van der Waals surface area contributed by atoms with E-state index in [4.69, 9.17) is 5.11 Å². The largest absolute Gasteiger partial charge is 0.481 e. The van der Waals surface area contributed by atoms with Gasteiger partial charge in [0.1, 0.15) is 0 Å². The Morgan fingerprint density at radius 2 is 2.05 bits per heavy atom. The maximum absolute atomic E-state index is 12.5. The van der Waals surface area contributed by atoms with Crippen molar-refractivity contribution in [2.45, 2.75) is 50.2 Å². The van der Waals surface area contributed by atoms with E-state index in [1.165, 1.54) is 0 Å². The summed E-state index contributed by atoms with van der Waals surface area (Å²) in [7, 11) is 0. The molecule has 1 unspecified atom stereocenters. The summed E-state index contributed by atoms with van der Waals surface area (Å²) >= 11 is 1.79. The predicted octanol–water partition coefficient (Wildman–Crippen LogP) is 2.38. The van der Waals surface area contributed by atoms with Crippen molar-refractivity contribution in [3.63, 3.8) is 0 Å². The highest BCUT2D eigenvalue weighted by Crippen LogP contribution is 2.40. The molecule has 2 rings (SSSR count). The number of carboxylic acids is 1. The van der Waals surface area contributed by atoms with Gasteiger partial charge in [-0.05, 0) is 50.7 Å². The van der Waals surface area contributed by atoms with E-state index in [0.717, 1.165) is 50.9 Å². The Morgan fingerprint density at radius 1 is 1.37 bits per heavy atom. The quantitative estimate of drug-likeness (QED) is 0.861. The van der Waals surface area contributed by atoms with Gasteiger partial charge >= 0.3 is 5.97 Å². The number of thioether (sulfide) groups is 1. The number of hydrogen-bond donors (Lipinski definition) is 1. The number of carbonyl (C=O) groups is 2. The van der Waals surface area contributed by atoms with Gasteiger partial charge in [-0.25, -0.2) is 0 Å². The Morgan fingerprint density at radius 3 is 2.58 bits per heavy atom. The summed E-state index contributed by atoms with van der Waals surface area (Å²) in [5.74, 6) is 1.15. The molecule has 4 nitrogen and oxygen atoms in total. The molecule has 1 atom stereocenters. The number of carboxylic acid groups (broad SMARTS) is 1. The summed E-state index contributed by atoms with van der Waals surface area (Å²) < 4.78 is -0.200. The van der Waals surface area contributed by atoms with Crippen LogP contribution in [0.15, 0.2) is 0 Å². The minimum atomic E-state index is -0.714. The van der Waals surface area contributed by atoms with E-state index in [2.05, 4.69) is 6.92 Å². The Hall–Kier alpha value is -0.710. The SMILES string of the molecule is CC1(C(=O)N2CCC(CCC(=O)O)CC2)CCCS1. The first-order valence-corrected chi connectivity index (χ1v) is 8.15. The number of likely N-dealkylation sites (tertiary alicyclic amines) is 1. The monoisotopic (exact) mass is 285 g/mol. The molecule has 1 N–H and O–H groups in total. The van der Waals surface area contributed by atoms with Gasteiger partial charge in [-0.1, -0.05) is 0 Å². The van der Waals surface area contributed by atoms with Gasteiger partial charge in [-0.15, -0.1) is 11.8 Å². The first kappa shape index (κ1) is 14.7. The molecule has 0 radical (unpaired) electrons. The molecule has 0 saturated carbocycles. The summed E-state index contributed by atoms with van der Waals surface area (Å²) in [6, 6.07) is 0. The number of amides is 1. The molecule has 2 aliphatic rings. The van der Waals surface area contributed by atoms with E-state index in [-0.39, 0.29) is 11.2 Å². The summed E-state index contributed by atoms with van der Waals surface area (Å²) in [6.45, 7) is 3.68. The molecule has 0 bridgehead atoms. The third kappa shape index (κ3) is 3.65. The second-order valence-electron chi connectivity index (χ2n) is 5.85. The minimum Gasteiger partial charge on any atom is -0.481 e. The zero-order chi connectivity index (χ0) is 13.9. The van der Waals surface area contributed by atoms with Gasteiger partial charge in [0.05, 0.1) is 4.75 Å². The lowest BCUT2D eigenvalue weighted by Crippen LogP contribution is -2.47. The van der Waals surface area contributed by atoms with Gasteiger partial charge < -0.3 is 10.0 Å². The molecule has 19 heavy (non-hydrogen) atoms. The highest BCUT2D eigenvalue weighted by Gasteiger charge is 2.40. The van der Waals surface area contributed by atoms with Gasteiger partial charge in [-0.3, -0.25) is 9.59 Å². The third-order valence-electron chi connectivity index (χ3n) is 4.34. The van der Waals surface area contributed by atoms with Crippen LogP contribution in [0.1, 0.15) is 45.4 Å². The van der Waals surface area contributed by atoms with E-state index in [1.807, 2.05) is 4.90 Å². The highest BCUT2D eigenvalue weighted by molar-refractivity contribution is 8.01. The maximum Gasteiger partial charge on any atom is 0.303 e. The van der Waals surface area contributed by atoms with Crippen LogP contribution in [0.4, 0.5) is 0 Å². The van der Waals surface area contributed by atoms with Gasteiger partial charge in [0.2, 0.25) is 5.91 Å². The molecule has 0 aromatic heterocycles. The normalized spacial score (nSPS) is 28.6. The van der Waals surface area contributed by atoms with Crippen LogP contribution in [0.2, 0.25) is 0 Å². The molecule has 0 aliphatic carbocycles. The van der Waals surface area contributed by atoms with Crippen LogP contribution in [0, 0.1) is 5.92 Å². The minimum absolute atomic E-state index is 0.200. The summed E-state index contributed by atoms with van der Waals surface area (Å²) in [5.41, 5.74) is 0. The Bertz CT molecular complexity index is 345. The first-order valence-electron chi connectivity index (χ1n) is 7.16. The fourth-order valence-corrected chi connectivity index (χ4v) is 4.32. The van der Waals surface area contributed by atoms with Crippen LogP contribution >= 0.6 is 11.8 Å². The molecule has 0 aromatic rings. The Balaban J connectivity index is 1.79. The van der Waals surface area contributed by atoms with Gasteiger partial charge in [0.15, 0.2) is 0 Å². The Labute approximate surface area is 118 Å². The van der Waals surface area contributed by atoms with E-state index < -0.39 is 5.97 Å². The van der Waals surface area contributed by atoms with Crippen molar-refractivity contribution >= 4 is 23.6 Å². The zero-order valence-corrected chi connectivity index (χ0v) is 12.4. The van der Waals surface area contributed by atoms with Gasteiger partial charge in [-0.2, -0.15) is 0 Å². The molecule has 1 amide bonds. The fourth-order valence-electron chi connectivity index (χ4n) is 3.03. The first-order chi connectivity index (χ1) is 9.01. The number of carbonyl (C=O) groups excluding carboxylic acids is 1. The summed E-state index contributed by atoms with van der Waals surface area (Å²) in [4.78, 5) is 25.1. The molecule has 0 spiro atoms. The lowest BCUT2D eigenvalue weighted by Gasteiger charge is -2.36. The fraction of sp³-hybridized carbons (Fsp3) is 0.857. The lowest BCUT2D eigenvalue weighted by molar-refractivity contribution is -0.138. The molecule has 0 aromatic carbocycles. The van der Waals surface area contributed by atoms with E-state index in [0.29, 0.717) is 11.8 Å². The Kier molecular flexibility index (Phi) is 4.76. The second-order valence-corrected chi connectivity index (χ2v) is 7.45. The van der Waals surface area contributed by atoms with Gasteiger partial charge in [0, 0.05) is 19.5 Å². The molecule has 2 heterocycles. The number of aliphatic carboxylic acids is 1. The van der Waals surface area contributed by atoms with Crippen LogP contribution in [0.3, 0.4) is 0 Å². The standard InChI is InChI=1S/C14H23NO3S/c1-14(7-2-10-19-14)13(18)15-8-5-11(6-9-15)3-4-12(16)17/h11H,2-10H2,1H3,(H,16,17).